The minimum absolute atomic E-state index is 0.270. The number of carbonyl (C=O) groups is 1. The molecule has 0 spiro atoms. The van der Waals surface area contributed by atoms with E-state index in [9.17, 15) is 18.0 Å². The van der Waals surface area contributed by atoms with Crippen LogP contribution in [-0.4, -0.2) is 22.2 Å². The van der Waals surface area contributed by atoms with Gasteiger partial charge >= 0.3 is 6.18 Å². The standard InChI is InChI=1S/C17H18F3N3O/c1-23-14(6-9-22-23)15(24)21-11-16(7-3-8-16)12-4-2-5-13(10-12)17(18,19)20/h2,4-6,9-10H,3,7-8,11H2,1H3,(H,21,24). The normalized spacial score (nSPS) is 16.5. The predicted molar refractivity (Wildman–Crippen MR) is 82.5 cm³/mol. The molecule has 1 aliphatic carbocycles. The Hall–Kier alpha value is -2.31. The smallest absolute Gasteiger partial charge is 0.350 e. The van der Waals surface area contributed by atoms with Crippen LogP contribution in [-0.2, 0) is 18.6 Å². The highest BCUT2D eigenvalue weighted by Crippen LogP contribution is 2.44. The molecule has 1 aromatic heterocycles. The molecular weight excluding hydrogens is 319 g/mol. The quantitative estimate of drug-likeness (QED) is 0.931. The molecule has 2 aromatic rings. The molecule has 1 N–H and O–H groups in total. The van der Waals surface area contributed by atoms with Gasteiger partial charge < -0.3 is 5.32 Å². The molecule has 1 aromatic carbocycles. The molecule has 4 nitrogen and oxygen atoms in total. The van der Waals surface area contributed by atoms with E-state index in [2.05, 4.69) is 10.4 Å². The van der Waals surface area contributed by atoms with Gasteiger partial charge in [0.25, 0.3) is 5.91 Å². The van der Waals surface area contributed by atoms with Crippen molar-refractivity contribution in [1.29, 1.82) is 0 Å². The van der Waals surface area contributed by atoms with Gasteiger partial charge in [0.2, 0.25) is 0 Å². The summed E-state index contributed by atoms with van der Waals surface area (Å²) in [7, 11) is 1.67. The summed E-state index contributed by atoms with van der Waals surface area (Å²) in [5.74, 6) is -0.270. The Morgan fingerprint density at radius 1 is 1.33 bits per heavy atom. The number of hydrogen-bond donors (Lipinski definition) is 1. The van der Waals surface area contributed by atoms with Crippen LogP contribution in [0.4, 0.5) is 13.2 Å². The van der Waals surface area contributed by atoms with E-state index in [4.69, 9.17) is 0 Å². The third-order valence-electron chi connectivity index (χ3n) is 4.75. The summed E-state index contributed by atoms with van der Waals surface area (Å²) in [6, 6.07) is 7.03. The highest BCUT2D eigenvalue weighted by atomic mass is 19.4. The van der Waals surface area contributed by atoms with Crippen molar-refractivity contribution in [3.63, 3.8) is 0 Å². The number of benzene rings is 1. The van der Waals surface area contributed by atoms with Crippen molar-refractivity contribution in [2.45, 2.75) is 30.9 Å². The van der Waals surface area contributed by atoms with Gasteiger partial charge in [-0.2, -0.15) is 18.3 Å². The van der Waals surface area contributed by atoms with Crippen LogP contribution in [0, 0.1) is 0 Å². The fourth-order valence-corrected chi connectivity index (χ4v) is 3.13. The van der Waals surface area contributed by atoms with E-state index in [0.717, 1.165) is 25.3 Å². The minimum atomic E-state index is -4.36. The number of carbonyl (C=O) groups excluding carboxylic acids is 1. The van der Waals surface area contributed by atoms with Crippen LogP contribution < -0.4 is 5.32 Å². The first-order valence-corrected chi connectivity index (χ1v) is 7.76. The summed E-state index contributed by atoms with van der Waals surface area (Å²) >= 11 is 0. The molecule has 1 saturated carbocycles. The van der Waals surface area contributed by atoms with Crippen molar-refractivity contribution in [3.8, 4) is 0 Å². The fourth-order valence-electron chi connectivity index (χ4n) is 3.13. The zero-order valence-corrected chi connectivity index (χ0v) is 13.2. The van der Waals surface area contributed by atoms with E-state index in [-0.39, 0.29) is 5.91 Å². The molecule has 1 fully saturated rings. The van der Waals surface area contributed by atoms with E-state index in [1.54, 1.807) is 19.2 Å². The maximum Gasteiger partial charge on any atom is 0.416 e. The number of amides is 1. The van der Waals surface area contributed by atoms with Gasteiger partial charge in [0.05, 0.1) is 5.56 Å². The molecule has 0 unspecified atom stereocenters. The lowest BCUT2D eigenvalue weighted by molar-refractivity contribution is -0.137. The minimum Gasteiger partial charge on any atom is -0.350 e. The molecule has 0 radical (unpaired) electrons. The Kier molecular flexibility index (Phi) is 4.11. The van der Waals surface area contributed by atoms with Gasteiger partial charge in [-0.25, -0.2) is 0 Å². The van der Waals surface area contributed by atoms with Gasteiger partial charge in [-0.15, -0.1) is 0 Å². The van der Waals surface area contributed by atoms with Crippen LogP contribution in [0.1, 0.15) is 40.9 Å². The second kappa shape index (κ2) is 5.96. The number of alkyl halides is 3. The van der Waals surface area contributed by atoms with Gasteiger partial charge in [0, 0.05) is 25.2 Å². The average molecular weight is 337 g/mol. The molecule has 1 amide bonds. The van der Waals surface area contributed by atoms with Crippen LogP contribution >= 0.6 is 0 Å². The van der Waals surface area contributed by atoms with Crippen molar-refractivity contribution in [1.82, 2.24) is 15.1 Å². The third-order valence-corrected chi connectivity index (χ3v) is 4.75. The summed E-state index contributed by atoms with van der Waals surface area (Å²) in [5.41, 5.74) is -0.0122. The zero-order chi connectivity index (χ0) is 17.4. The first-order valence-electron chi connectivity index (χ1n) is 7.76. The van der Waals surface area contributed by atoms with Crippen molar-refractivity contribution in [2.24, 2.45) is 7.05 Å². The van der Waals surface area contributed by atoms with E-state index in [1.807, 2.05) is 0 Å². The second-order valence-electron chi connectivity index (χ2n) is 6.24. The number of aryl methyl sites for hydroxylation is 1. The molecular formula is C17H18F3N3O. The Labute approximate surface area is 137 Å². The largest absolute Gasteiger partial charge is 0.416 e. The van der Waals surface area contributed by atoms with E-state index < -0.39 is 17.2 Å². The molecule has 0 aliphatic heterocycles. The Bertz CT molecular complexity index is 748. The summed E-state index contributed by atoms with van der Waals surface area (Å²) in [6.07, 6.45) is -0.364. The Morgan fingerprint density at radius 3 is 2.62 bits per heavy atom. The van der Waals surface area contributed by atoms with Gasteiger partial charge in [-0.1, -0.05) is 24.6 Å². The van der Waals surface area contributed by atoms with E-state index >= 15 is 0 Å². The molecule has 24 heavy (non-hydrogen) atoms. The Balaban J connectivity index is 1.78. The molecule has 128 valence electrons. The topological polar surface area (TPSA) is 46.9 Å². The molecule has 3 rings (SSSR count). The molecule has 0 atom stereocenters. The van der Waals surface area contributed by atoms with Gasteiger partial charge in [-0.05, 0) is 30.5 Å². The number of halogens is 3. The lowest BCUT2D eigenvalue weighted by atomic mass is 9.64. The lowest BCUT2D eigenvalue weighted by Crippen LogP contribution is -2.46. The van der Waals surface area contributed by atoms with E-state index in [1.165, 1.54) is 23.0 Å². The second-order valence-corrected chi connectivity index (χ2v) is 6.24. The van der Waals surface area contributed by atoms with Crippen molar-refractivity contribution >= 4 is 5.91 Å². The van der Waals surface area contributed by atoms with E-state index in [0.29, 0.717) is 17.8 Å². The SMILES string of the molecule is Cn1nccc1C(=O)NCC1(c2cccc(C(F)(F)F)c2)CCC1. The lowest BCUT2D eigenvalue weighted by Gasteiger charge is -2.42. The fraction of sp³-hybridized carbons (Fsp3) is 0.412. The number of hydrogen-bond acceptors (Lipinski definition) is 2. The van der Waals surface area contributed by atoms with Crippen LogP contribution in [0.5, 0.6) is 0 Å². The maximum absolute atomic E-state index is 12.9. The number of aromatic nitrogens is 2. The van der Waals surface area contributed by atoms with Gasteiger partial charge in [0.1, 0.15) is 5.69 Å². The summed E-state index contributed by atoms with van der Waals surface area (Å²) < 4.78 is 40.3. The third kappa shape index (κ3) is 3.02. The van der Waals surface area contributed by atoms with Crippen molar-refractivity contribution < 1.29 is 18.0 Å². The molecule has 0 bridgehead atoms. The first-order chi connectivity index (χ1) is 11.3. The Morgan fingerprint density at radius 2 is 2.08 bits per heavy atom. The average Bonchev–Trinajstić information content (AvgIpc) is 2.91. The van der Waals surface area contributed by atoms with Gasteiger partial charge in [0.15, 0.2) is 0 Å². The maximum atomic E-state index is 12.9. The van der Waals surface area contributed by atoms with Crippen LogP contribution in [0.3, 0.4) is 0 Å². The number of nitrogens with zero attached hydrogens (tertiary/aromatic N) is 2. The molecule has 1 aliphatic rings. The monoisotopic (exact) mass is 337 g/mol. The highest BCUT2D eigenvalue weighted by Gasteiger charge is 2.40. The van der Waals surface area contributed by atoms with Crippen molar-refractivity contribution in [3.05, 3.63) is 53.3 Å². The molecule has 0 saturated heterocycles. The first kappa shape index (κ1) is 16.5. The van der Waals surface area contributed by atoms with Crippen LogP contribution in [0.2, 0.25) is 0 Å². The summed E-state index contributed by atoms with van der Waals surface area (Å²) in [4.78, 5) is 12.2. The number of rotatable bonds is 4. The molecule has 1 heterocycles. The molecule has 7 heteroatoms. The van der Waals surface area contributed by atoms with Crippen LogP contribution in [0.15, 0.2) is 36.5 Å². The zero-order valence-electron chi connectivity index (χ0n) is 13.2. The predicted octanol–water partition coefficient (Wildman–Crippen LogP) is 3.29. The van der Waals surface area contributed by atoms with Crippen molar-refractivity contribution in [2.75, 3.05) is 6.54 Å². The van der Waals surface area contributed by atoms with Gasteiger partial charge in [-0.3, -0.25) is 9.48 Å². The van der Waals surface area contributed by atoms with Crippen LogP contribution in [0.25, 0.3) is 0 Å². The summed E-state index contributed by atoms with van der Waals surface area (Å²) in [6.45, 7) is 0.318. The highest BCUT2D eigenvalue weighted by molar-refractivity contribution is 5.92. The number of nitrogens with one attached hydrogen (secondary N) is 1. The summed E-state index contributed by atoms with van der Waals surface area (Å²) in [5, 5.41) is 6.79.